The zero-order valence-electron chi connectivity index (χ0n) is 12.2. The van der Waals surface area contributed by atoms with E-state index in [-0.39, 0.29) is 7.92 Å². The molecule has 1 atom stereocenters. The zero-order chi connectivity index (χ0) is 13.2. The van der Waals surface area contributed by atoms with Crippen LogP contribution in [0.15, 0.2) is 30.3 Å². The van der Waals surface area contributed by atoms with Crippen molar-refractivity contribution in [3.8, 4) is 0 Å². The predicted molar refractivity (Wildman–Crippen MR) is 85.4 cm³/mol. The van der Waals surface area contributed by atoms with Crippen LogP contribution in [0.25, 0.3) is 0 Å². The van der Waals surface area contributed by atoms with Crippen molar-refractivity contribution in [1.29, 1.82) is 0 Å². The molecule has 0 saturated heterocycles. The minimum atomic E-state index is 0.0889. The lowest BCUT2D eigenvalue weighted by atomic mass is 10.3. The summed E-state index contributed by atoms with van der Waals surface area (Å²) < 4.78 is 0. The lowest BCUT2D eigenvalue weighted by Crippen LogP contribution is -2.13. The Kier molecular flexibility index (Phi) is 8.29. The summed E-state index contributed by atoms with van der Waals surface area (Å²) in [6, 6.07) is 11.2. The molecule has 0 aromatic heterocycles. The quantitative estimate of drug-likeness (QED) is 0.483. The summed E-state index contributed by atoms with van der Waals surface area (Å²) in [5.74, 6) is 0. The molecule has 0 amide bonds. The molecule has 1 rings (SSSR count). The second-order valence-electron chi connectivity index (χ2n) is 5.19. The number of rotatable bonds is 9. The van der Waals surface area contributed by atoms with Crippen LogP contribution in [-0.2, 0) is 0 Å². The third-order valence-electron chi connectivity index (χ3n) is 3.19. The van der Waals surface area contributed by atoms with Crippen molar-refractivity contribution >= 4 is 13.2 Å². The lowest BCUT2D eigenvalue weighted by Gasteiger charge is -2.18. The Hall–Kier alpha value is -0.390. The maximum atomic E-state index is 2.33. The molecule has 0 aliphatic rings. The fraction of sp³-hybridized carbons (Fsp3) is 0.625. The van der Waals surface area contributed by atoms with Gasteiger partial charge in [-0.1, -0.05) is 51.6 Å². The first-order valence-corrected chi connectivity index (χ1v) is 8.90. The summed E-state index contributed by atoms with van der Waals surface area (Å²) >= 11 is 0. The highest BCUT2D eigenvalue weighted by atomic mass is 31.1. The molecule has 0 bridgehead atoms. The SMILES string of the molecule is CCCCP(CCCCN(C)C)c1ccccc1. The van der Waals surface area contributed by atoms with Crippen LogP contribution in [0.3, 0.4) is 0 Å². The second kappa shape index (κ2) is 9.53. The normalized spacial score (nSPS) is 12.9. The van der Waals surface area contributed by atoms with Gasteiger partial charge in [-0.15, -0.1) is 0 Å². The largest absolute Gasteiger partial charge is 0.309 e. The van der Waals surface area contributed by atoms with E-state index >= 15 is 0 Å². The molecule has 0 saturated carbocycles. The molecule has 18 heavy (non-hydrogen) atoms. The first kappa shape index (κ1) is 15.7. The van der Waals surface area contributed by atoms with Crippen molar-refractivity contribution in [2.24, 2.45) is 0 Å². The van der Waals surface area contributed by atoms with Crippen LogP contribution in [-0.4, -0.2) is 37.9 Å². The topological polar surface area (TPSA) is 3.24 Å². The van der Waals surface area contributed by atoms with E-state index < -0.39 is 0 Å². The highest BCUT2D eigenvalue weighted by Gasteiger charge is 2.09. The Morgan fingerprint density at radius 2 is 1.61 bits per heavy atom. The highest BCUT2D eigenvalue weighted by molar-refractivity contribution is 7.65. The Balaban J connectivity index is 2.41. The lowest BCUT2D eigenvalue weighted by molar-refractivity contribution is 0.398. The van der Waals surface area contributed by atoms with Crippen LogP contribution in [0, 0.1) is 0 Å². The van der Waals surface area contributed by atoms with Gasteiger partial charge < -0.3 is 4.90 Å². The van der Waals surface area contributed by atoms with E-state index in [1.807, 2.05) is 0 Å². The van der Waals surface area contributed by atoms with E-state index in [0.29, 0.717) is 0 Å². The molecule has 1 aromatic carbocycles. The highest BCUT2D eigenvalue weighted by Crippen LogP contribution is 2.36. The van der Waals surface area contributed by atoms with Gasteiger partial charge in [0.05, 0.1) is 0 Å². The van der Waals surface area contributed by atoms with Crippen LogP contribution < -0.4 is 5.30 Å². The molecule has 1 unspecified atom stereocenters. The Bertz CT molecular complexity index is 297. The van der Waals surface area contributed by atoms with Crippen molar-refractivity contribution in [3.05, 3.63) is 30.3 Å². The van der Waals surface area contributed by atoms with Gasteiger partial charge in [0, 0.05) is 0 Å². The zero-order valence-corrected chi connectivity index (χ0v) is 13.1. The molecule has 0 aliphatic carbocycles. The molecular weight excluding hydrogens is 237 g/mol. The molecule has 1 aromatic rings. The maximum Gasteiger partial charge on any atom is -0.00247 e. The summed E-state index contributed by atoms with van der Waals surface area (Å²) in [5, 5.41) is 1.60. The average Bonchev–Trinajstić information content (AvgIpc) is 2.38. The van der Waals surface area contributed by atoms with E-state index in [9.17, 15) is 0 Å². The number of nitrogens with zero attached hydrogens (tertiary/aromatic N) is 1. The molecule has 2 heteroatoms. The summed E-state index contributed by atoms with van der Waals surface area (Å²) in [5.41, 5.74) is 0. The fourth-order valence-electron chi connectivity index (χ4n) is 2.09. The minimum absolute atomic E-state index is 0.0889. The third kappa shape index (κ3) is 6.52. The summed E-state index contributed by atoms with van der Waals surface area (Å²) in [4.78, 5) is 2.29. The molecule has 102 valence electrons. The van der Waals surface area contributed by atoms with Crippen molar-refractivity contribution in [3.63, 3.8) is 0 Å². The van der Waals surface area contributed by atoms with Gasteiger partial charge in [0.15, 0.2) is 0 Å². The minimum Gasteiger partial charge on any atom is -0.309 e. The molecule has 1 nitrogen and oxygen atoms in total. The Morgan fingerprint density at radius 3 is 2.22 bits per heavy atom. The van der Waals surface area contributed by atoms with Gasteiger partial charge in [0.1, 0.15) is 0 Å². The Morgan fingerprint density at radius 1 is 0.944 bits per heavy atom. The summed E-state index contributed by atoms with van der Waals surface area (Å²) in [6.07, 6.45) is 8.25. The molecule has 0 aliphatic heterocycles. The van der Waals surface area contributed by atoms with E-state index in [4.69, 9.17) is 0 Å². The fourth-order valence-corrected chi connectivity index (χ4v) is 4.73. The van der Waals surface area contributed by atoms with E-state index in [0.717, 1.165) is 0 Å². The predicted octanol–water partition coefficient (Wildman–Crippen LogP) is 3.94. The third-order valence-corrected chi connectivity index (χ3v) is 5.93. The summed E-state index contributed by atoms with van der Waals surface area (Å²) in [6.45, 7) is 3.52. The van der Waals surface area contributed by atoms with Crippen molar-refractivity contribution in [2.45, 2.75) is 32.6 Å². The van der Waals surface area contributed by atoms with Crippen LogP contribution in [0.2, 0.25) is 0 Å². The smallest absolute Gasteiger partial charge is 0.00247 e. The van der Waals surface area contributed by atoms with Crippen molar-refractivity contribution in [2.75, 3.05) is 33.0 Å². The van der Waals surface area contributed by atoms with Crippen LogP contribution in [0.4, 0.5) is 0 Å². The monoisotopic (exact) mass is 265 g/mol. The molecule has 0 radical (unpaired) electrons. The number of hydrogen-bond donors (Lipinski definition) is 0. The second-order valence-corrected chi connectivity index (χ2v) is 7.68. The maximum absolute atomic E-state index is 2.33. The van der Waals surface area contributed by atoms with E-state index in [1.54, 1.807) is 5.30 Å². The number of hydrogen-bond acceptors (Lipinski definition) is 1. The van der Waals surface area contributed by atoms with E-state index in [1.165, 1.54) is 44.6 Å². The number of unbranched alkanes of at least 4 members (excludes halogenated alkanes) is 2. The van der Waals surface area contributed by atoms with E-state index in [2.05, 4.69) is 56.3 Å². The van der Waals surface area contributed by atoms with Crippen LogP contribution in [0.5, 0.6) is 0 Å². The van der Waals surface area contributed by atoms with Crippen LogP contribution >= 0.6 is 7.92 Å². The van der Waals surface area contributed by atoms with Gasteiger partial charge in [0.2, 0.25) is 0 Å². The van der Waals surface area contributed by atoms with Gasteiger partial charge in [-0.25, -0.2) is 0 Å². The van der Waals surface area contributed by atoms with Gasteiger partial charge in [-0.05, 0) is 57.5 Å². The standard InChI is InChI=1S/C16H28NP/c1-4-5-14-18(15-10-9-13-17(2)3)16-11-7-6-8-12-16/h6-8,11-12H,4-5,9-10,13-15H2,1-3H3. The Labute approximate surface area is 114 Å². The van der Waals surface area contributed by atoms with Crippen molar-refractivity contribution < 1.29 is 0 Å². The van der Waals surface area contributed by atoms with Gasteiger partial charge in [0.25, 0.3) is 0 Å². The number of benzene rings is 1. The first-order chi connectivity index (χ1) is 8.74. The molecule has 0 spiro atoms. The molecule has 0 N–H and O–H groups in total. The average molecular weight is 265 g/mol. The molecular formula is C16H28NP. The van der Waals surface area contributed by atoms with Gasteiger partial charge >= 0.3 is 0 Å². The summed E-state index contributed by atoms with van der Waals surface area (Å²) in [7, 11) is 4.42. The molecule has 0 heterocycles. The molecule has 0 fully saturated rings. The van der Waals surface area contributed by atoms with Gasteiger partial charge in [-0.3, -0.25) is 0 Å². The van der Waals surface area contributed by atoms with Crippen molar-refractivity contribution in [1.82, 2.24) is 4.90 Å². The first-order valence-electron chi connectivity index (χ1n) is 7.18. The van der Waals surface area contributed by atoms with Gasteiger partial charge in [-0.2, -0.15) is 0 Å². The van der Waals surface area contributed by atoms with Crippen LogP contribution in [0.1, 0.15) is 32.6 Å².